The van der Waals surface area contributed by atoms with Gasteiger partial charge in [-0.05, 0) is 35.4 Å². The van der Waals surface area contributed by atoms with Crippen molar-refractivity contribution < 1.29 is 8.78 Å². The second-order valence-corrected chi connectivity index (χ2v) is 5.98. The number of nitrogens with zero attached hydrogens (tertiary/aromatic N) is 1. The van der Waals surface area contributed by atoms with Crippen molar-refractivity contribution >= 4 is 0 Å². The lowest BCUT2D eigenvalue weighted by Gasteiger charge is -2.11. The van der Waals surface area contributed by atoms with Crippen LogP contribution in [0.2, 0.25) is 0 Å². The van der Waals surface area contributed by atoms with Crippen molar-refractivity contribution in [3.63, 3.8) is 0 Å². The van der Waals surface area contributed by atoms with Crippen molar-refractivity contribution in [2.45, 2.75) is 0 Å². The maximum atomic E-state index is 14.3. The summed E-state index contributed by atoms with van der Waals surface area (Å²) in [4.78, 5) is 4.63. The molecule has 4 rings (SSSR count). The summed E-state index contributed by atoms with van der Waals surface area (Å²) in [5, 5.41) is 0. The Kier molecular flexibility index (Phi) is 4.28. The van der Waals surface area contributed by atoms with Crippen molar-refractivity contribution in [2.24, 2.45) is 0 Å². The minimum Gasteiger partial charge on any atom is -0.248 e. The SMILES string of the molecule is Fc1ccc(-c2cc(-c3ccccc3)cc(-c3ccccc3)n2)c(F)c1. The number of hydrogen-bond acceptors (Lipinski definition) is 1. The lowest BCUT2D eigenvalue weighted by atomic mass is 10.00. The predicted molar refractivity (Wildman–Crippen MR) is 100 cm³/mol. The van der Waals surface area contributed by atoms with Crippen LogP contribution in [0.4, 0.5) is 8.78 Å². The molecular weight excluding hydrogens is 328 g/mol. The van der Waals surface area contributed by atoms with E-state index in [1.54, 1.807) is 0 Å². The van der Waals surface area contributed by atoms with Gasteiger partial charge >= 0.3 is 0 Å². The number of pyridine rings is 1. The van der Waals surface area contributed by atoms with E-state index in [0.29, 0.717) is 5.69 Å². The predicted octanol–water partition coefficient (Wildman–Crippen LogP) is 6.36. The number of aromatic nitrogens is 1. The summed E-state index contributed by atoms with van der Waals surface area (Å²) in [6.07, 6.45) is 0. The number of rotatable bonds is 3. The molecule has 0 saturated carbocycles. The normalized spacial score (nSPS) is 10.7. The Hall–Kier alpha value is -3.33. The van der Waals surface area contributed by atoms with E-state index in [-0.39, 0.29) is 5.56 Å². The summed E-state index contributed by atoms with van der Waals surface area (Å²) in [6, 6.07) is 26.9. The van der Waals surface area contributed by atoms with Gasteiger partial charge in [0, 0.05) is 17.2 Å². The lowest BCUT2D eigenvalue weighted by Crippen LogP contribution is -1.93. The second kappa shape index (κ2) is 6.89. The molecular formula is C23H15F2N. The molecule has 0 aliphatic carbocycles. The summed E-state index contributed by atoms with van der Waals surface area (Å²) >= 11 is 0. The fraction of sp³-hybridized carbons (Fsp3) is 0. The van der Waals surface area contributed by atoms with Crippen molar-refractivity contribution in [1.29, 1.82) is 0 Å². The Morgan fingerprint density at radius 2 is 1.15 bits per heavy atom. The van der Waals surface area contributed by atoms with Crippen LogP contribution in [0, 0.1) is 11.6 Å². The summed E-state index contributed by atoms with van der Waals surface area (Å²) in [6.45, 7) is 0. The molecule has 0 atom stereocenters. The number of halogens is 2. The topological polar surface area (TPSA) is 12.9 Å². The van der Waals surface area contributed by atoms with Crippen molar-refractivity contribution in [3.05, 3.63) is 103 Å². The average molecular weight is 343 g/mol. The summed E-state index contributed by atoms with van der Waals surface area (Å²) < 4.78 is 27.6. The highest BCUT2D eigenvalue weighted by Gasteiger charge is 2.12. The molecule has 0 bridgehead atoms. The van der Waals surface area contributed by atoms with Crippen LogP contribution in [0.5, 0.6) is 0 Å². The zero-order chi connectivity index (χ0) is 17.9. The van der Waals surface area contributed by atoms with Gasteiger partial charge in [-0.15, -0.1) is 0 Å². The van der Waals surface area contributed by atoms with E-state index in [9.17, 15) is 8.78 Å². The maximum Gasteiger partial charge on any atom is 0.135 e. The molecule has 126 valence electrons. The van der Waals surface area contributed by atoms with Crippen molar-refractivity contribution in [2.75, 3.05) is 0 Å². The van der Waals surface area contributed by atoms with Gasteiger partial charge in [0.2, 0.25) is 0 Å². The number of hydrogen-bond donors (Lipinski definition) is 0. The van der Waals surface area contributed by atoms with Crippen LogP contribution < -0.4 is 0 Å². The first-order valence-corrected chi connectivity index (χ1v) is 8.29. The highest BCUT2D eigenvalue weighted by molar-refractivity contribution is 5.76. The molecule has 0 amide bonds. The molecule has 3 aromatic carbocycles. The molecule has 0 unspecified atom stereocenters. The van der Waals surface area contributed by atoms with E-state index in [1.807, 2.05) is 72.8 Å². The first-order chi connectivity index (χ1) is 12.7. The minimum absolute atomic E-state index is 0.279. The van der Waals surface area contributed by atoms with Crippen molar-refractivity contribution in [3.8, 4) is 33.6 Å². The van der Waals surface area contributed by atoms with Crippen molar-refractivity contribution in [1.82, 2.24) is 4.98 Å². The van der Waals surface area contributed by atoms with Gasteiger partial charge in [0.05, 0.1) is 11.4 Å². The molecule has 1 aromatic heterocycles. The molecule has 0 aliphatic rings. The highest BCUT2D eigenvalue weighted by atomic mass is 19.1. The number of benzene rings is 3. The quantitative estimate of drug-likeness (QED) is 0.422. The van der Waals surface area contributed by atoms with Gasteiger partial charge in [-0.25, -0.2) is 13.8 Å². The van der Waals surface area contributed by atoms with Gasteiger partial charge in [0.25, 0.3) is 0 Å². The zero-order valence-corrected chi connectivity index (χ0v) is 13.9. The van der Waals surface area contributed by atoms with Crippen LogP contribution in [-0.2, 0) is 0 Å². The third-order valence-corrected chi connectivity index (χ3v) is 4.21. The monoisotopic (exact) mass is 343 g/mol. The van der Waals surface area contributed by atoms with E-state index in [4.69, 9.17) is 0 Å². The fourth-order valence-electron chi connectivity index (χ4n) is 2.92. The summed E-state index contributed by atoms with van der Waals surface area (Å²) in [5.41, 5.74) is 4.37. The van der Waals surface area contributed by atoms with E-state index < -0.39 is 11.6 Å². The molecule has 4 aromatic rings. The fourth-order valence-corrected chi connectivity index (χ4v) is 2.92. The van der Waals surface area contributed by atoms with Crippen LogP contribution in [0.25, 0.3) is 33.6 Å². The van der Waals surface area contributed by atoms with Crippen LogP contribution in [0.1, 0.15) is 0 Å². The first kappa shape index (κ1) is 16.2. The van der Waals surface area contributed by atoms with E-state index >= 15 is 0 Å². The molecule has 0 fully saturated rings. The Labute approximate surface area is 150 Å². The van der Waals surface area contributed by atoms with Crippen LogP contribution in [-0.4, -0.2) is 4.98 Å². The van der Waals surface area contributed by atoms with E-state index in [1.165, 1.54) is 12.1 Å². The molecule has 0 spiro atoms. The van der Waals surface area contributed by atoms with Crippen LogP contribution in [0.15, 0.2) is 91.0 Å². The second-order valence-electron chi connectivity index (χ2n) is 5.98. The molecule has 0 radical (unpaired) electrons. The van der Waals surface area contributed by atoms with Gasteiger partial charge < -0.3 is 0 Å². The molecule has 1 heterocycles. The molecule has 0 aliphatic heterocycles. The van der Waals surface area contributed by atoms with Crippen LogP contribution >= 0.6 is 0 Å². The third-order valence-electron chi connectivity index (χ3n) is 4.21. The van der Waals surface area contributed by atoms with E-state index in [0.717, 1.165) is 28.5 Å². The molecule has 26 heavy (non-hydrogen) atoms. The van der Waals surface area contributed by atoms with Gasteiger partial charge in [-0.1, -0.05) is 60.7 Å². The largest absolute Gasteiger partial charge is 0.248 e. The molecule has 3 heteroatoms. The minimum atomic E-state index is -0.623. The average Bonchev–Trinajstić information content (AvgIpc) is 2.69. The summed E-state index contributed by atoms with van der Waals surface area (Å²) in [7, 11) is 0. The zero-order valence-electron chi connectivity index (χ0n) is 13.9. The van der Waals surface area contributed by atoms with Crippen LogP contribution in [0.3, 0.4) is 0 Å². The third kappa shape index (κ3) is 3.24. The Bertz CT molecular complexity index is 987. The summed E-state index contributed by atoms with van der Waals surface area (Å²) in [5.74, 6) is -1.23. The van der Waals surface area contributed by atoms with Gasteiger partial charge in [-0.2, -0.15) is 0 Å². The Morgan fingerprint density at radius 3 is 1.81 bits per heavy atom. The lowest BCUT2D eigenvalue weighted by molar-refractivity contribution is 0.585. The Morgan fingerprint density at radius 1 is 0.538 bits per heavy atom. The molecule has 1 nitrogen and oxygen atoms in total. The first-order valence-electron chi connectivity index (χ1n) is 8.29. The molecule has 0 N–H and O–H groups in total. The standard InChI is InChI=1S/C23H15F2N/c24-19-11-12-20(21(25)15-19)23-14-18(16-7-3-1-4-8-16)13-22(26-23)17-9-5-2-6-10-17/h1-15H. The molecule has 0 saturated heterocycles. The smallest absolute Gasteiger partial charge is 0.135 e. The highest BCUT2D eigenvalue weighted by Crippen LogP contribution is 2.31. The van der Waals surface area contributed by atoms with Gasteiger partial charge in [0.1, 0.15) is 11.6 Å². The van der Waals surface area contributed by atoms with E-state index in [2.05, 4.69) is 4.98 Å². The maximum absolute atomic E-state index is 14.3. The Balaban J connectivity index is 1.94. The van der Waals surface area contributed by atoms with Gasteiger partial charge in [-0.3, -0.25) is 0 Å². The van der Waals surface area contributed by atoms with Gasteiger partial charge in [0.15, 0.2) is 0 Å².